The zero-order chi connectivity index (χ0) is 15.1. The van der Waals surface area contributed by atoms with E-state index < -0.39 is 15.9 Å². The summed E-state index contributed by atoms with van der Waals surface area (Å²) in [4.78, 5) is 19.2. The van der Waals surface area contributed by atoms with Crippen molar-refractivity contribution in [2.45, 2.75) is 0 Å². The average Bonchev–Trinajstić information content (AvgIpc) is 2.48. The molecule has 21 heavy (non-hydrogen) atoms. The number of nitrogens with one attached hydrogen (secondary N) is 2. The van der Waals surface area contributed by atoms with Crippen molar-refractivity contribution in [3.05, 3.63) is 54.6 Å². The lowest BCUT2D eigenvalue weighted by Gasteiger charge is -2.08. The molecule has 2 N–H and O–H groups in total. The first kappa shape index (κ1) is 14.9. The summed E-state index contributed by atoms with van der Waals surface area (Å²) in [6, 6.07) is 8.55. The van der Waals surface area contributed by atoms with Crippen molar-refractivity contribution in [2.24, 2.45) is 0 Å². The fourth-order valence-electron chi connectivity index (χ4n) is 1.54. The van der Waals surface area contributed by atoms with E-state index in [0.29, 0.717) is 5.69 Å². The van der Waals surface area contributed by atoms with Crippen molar-refractivity contribution in [3.63, 3.8) is 0 Å². The Kier molecular flexibility index (Phi) is 4.83. The normalized spacial score (nSPS) is 10.9. The average molecular weight is 306 g/mol. The Morgan fingerprint density at radius 3 is 2.57 bits per heavy atom. The number of anilines is 1. The third kappa shape index (κ3) is 4.84. The molecule has 0 fully saturated rings. The number of benzene rings is 1. The van der Waals surface area contributed by atoms with Crippen LogP contribution in [0.25, 0.3) is 0 Å². The van der Waals surface area contributed by atoms with Crippen LogP contribution in [0, 0.1) is 0 Å². The molecule has 1 amide bonds. The number of carbonyl (C=O) groups excluding carboxylic acids is 1. The third-order valence-electron chi connectivity index (χ3n) is 2.50. The molecule has 0 aliphatic carbocycles. The van der Waals surface area contributed by atoms with E-state index in [0.717, 1.165) is 0 Å². The quantitative estimate of drug-likeness (QED) is 0.816. The Balaban J connectivity index is 1.84. The van der Waals surface area contributed by atoms with Crippen LogP contribution >= 0.6 is 0 Å². The molecule has 0 saturated heterocycles. The smallest absolute Gasteiger partial charge is 0.271 e. The van der Waals surface area contributed by atoms with E-state index in [1.54, 1.807) is 30.3 Å². The fraction of sp³-hybridized carbons (Fsp3) is 0.154. The highest BCUT2D eigenvalue weighted by Gasteiger charge is 2.12. The molecule has 0 aliphatic heterocycles. The van der Waals surface area contributed by atoms with Gasteiger partial charge in [0.2, 0.25) is 10.0 Å². The van der Waals surface area contributed by atoms with Gasteiger partial charge in [0.05, 0.1) is 11.9 Å². The summed E-state index contributed by atoms with van der Waals surface area (Å²) < 4.78 is 26.1. The van der Waals surface area contributed by atoms with Crippen LogP contribution in [-0.4, -0.2) is 36.6 Å². The van der Waals surface area contributed by atoms with Gasteiger partial charge in [-0.1, -0.05) is 18.2 Å². The minimum Gasteiger partial charge on any atom is -0.350 e. The second kappa shape index (κ2) is 6.80. The molecule has 0 bridgehead atoms. The lowest BCUT2D eigenvalue weighted by atomic mass is 10.3. The predicted octanol–water partition coefficient (Wildman–Crippen LogP) is 0.648. The molecule has 0 atom stereocenters. The van der Waals surface area contributed by atoms with E-state index in [1.807, 2.05) is 0 Å². The molecule has 1 heterocycles. The molecular formula is C13H14N4O3S. The van der Waals surface area contributed by atoms with Crippen LogP contribution < -0.4 is 10.0 Å². The lowest BCUT2D eigenvalue weighted by molar-refractivity contribution is 0.0950. The third-order valence-corrected chi connectivity index (χ3v) is 3.79. The summed E-state index contributed by atoms with van der Waals surface area (Å²) in [6.45, 7) is -0.0163. The van der Waals surface area contributed by atoms with Gasteiger partial charge in [-0.3, -0.25) is 14.5 Å². The van der Waals surface area contributed by atoms with E-state index in [4.69, 9.17) is 0 Å². The van der Waals surface area contributed by atoms with Crippen LogP contribution in [0.4, 0.5) is 5.69 Å². The molecule has 0 aliphatic rings. The van der Waals surface area contributed by atoms with Crippen LogP contribution in [0.3, 0.4) is 0 Å². The molecular weight excluding hydrogens is 292 g/mol. The molecule has 0 unspecified atom stereocenters. The molecule has 1 aromatic heterocycles. The van der Waals surface area contributed by atoms with E-state index >= 15 is 0 Å². The SMILES string of the molecule is O=C(NCCS(=O)(=O)Nc1ccccc1)c1cnccn1. The van der Waals surface area contributed by atoms with Crippen LogP contribution in [0.5, 0.6) is 0 Å². The maximum absolute atomic E-state index is 11.8. The molecule has 1 aromatic carbocycles. The number of amides is 1. The zero-order valence-corrected chi connectivity index (χ0v) is 11.9. The summed E-state index contributed by atoms with van der Waals surface area (Å²) in [6.07, 6.45) is 4.15. The summed E-state index contributed by atoms with van der Waals surface area (Å²) in [5, 5.41) is 2.48. The second-order valence-corrected chi connectivity index (χ2v) is 5.98. The predicted molar refractivity (Wildman–Crippen MR) is 78.2 cm³/mol. The summed E-state index contributed by atoms with van der Waals surface area (Å²) in [5.74, 6) is -0.688. The number of hydrogen-bond donors (Lipinski definition) is 2. The number of nitrogens with zero attached hydrogens (tertiary/aromatic N) is 2. The van der Waals surface area contributed by atoms with Crippen molar-refractivity contribution in [2.75, 3.05) is 17.0 Å². The largest absolute Gasteiger partial charge is 0.350 e. The summed E-state index contributed by atoms with van der Waals surface area (Å²) in [5.41, 5.74) is 0.628. The van der Waals surface area contributed by atoms with Crippen molar-refractivity contribution in [3.8, 4) is 0 Å². The van der Waals surface area contributed by atoms with Crippen LogP contribution in [0.1, 0.15) is 10.5 Å². The highest BCUT2D eigenvalue weighted by Crippen LogP contribution is 2.07. The van der Waals surface area contributed by atoms with E-state index in [1.165, 1.54) is 18.6 Å². The topological polar surface area (TPSA) is 101 Å². The van der Waals surface area contributed by atoms with Gasteiger partial charge in [-0.2, -0.15) is 0 Å². The van der Waals surface area contributed by atoms with E-state index in [9.17, 15) is 13.2 Å². The van der Waals surface area contributed by atoms with Gasteiger partial charge in [-0.15, -0.1) is 0 Å². The number of carbonyl (C=O) groups is 1. The minimum absolute atomic E-state index is 0.0163. The maximum Gasteiger partial charge on any atom is 0.271 e. The highest BCUT2D eigenvalue weighted by atomic mass is 32.2. The van der Waals surface area contributed by atoms with E-state index in [2.05, 4.69) is 20.0 Å². The molecule has 0 saturated carbocycles. The molecule has 7 nitrogen and oxygen atoms in total. The summed E-state index contributed by atoms with van der Waals surface area (Å²) in [7, 11) is -3.51. The van der Waals surface area contributed by atoms with Gasteiger partial charge in [0, 0.05) is 24.6 Å². The van der Waals surface area contributed by atoms with Gasteiger partial charge in [0.15, 0.2) is 0 Å². The molecule has 2 rings (SSSR count). The number of para-hydroxylation sites is 1. The van der Waals surface area contributed by atoms with Crippen molar-refractivity contribution >= 4 is 21.6 Å². The number of sulfonamides is 1. The van der Waals surface area contributed by atoms with Gasteiger partial charge in [0.25, 0.3) is 5.91 Å². The number of aromatic nitrogens is 2. The maximum atomic E-state index is 11.8. The number of hydrogen-bond acceptors (Lipinski definition) is 5. The Bertz CT molecular complexity index is 690. The van der Waals surface area contributed by atoms with Crippen LogP contribution in [-0.2, 0) is 10.0 Å². The standard InChI is InChI=1S/C13H14N4O3S/c18-13(12-10-14-6-7-15-12)16-8-9-21(19,20)17-11-4-2-1-3-5-11/h1-7,10,17H,8-9H2,(H,16,18). The Hall–Kier alpha value is -2.48. The fourth-order valence-corrected chi connectivity index (χ4v) is 2.51. The van der Waals surface area contributed by atoms with Crippen molar-refractivity contribution in [1.29, 1.82) is 0 Å². The Morgan fingerprint density at radius 2 is 1.90 bits per heavy atom. The minimum atomic E-state index is -3.51. The Labute approximate surface area is 122 Å². The van der Waals surface area contributed by atoms with Crippen LogP contribution in [0.15, 0.2) is 48.9 Å². The Morgan fingerprint density at radius 1 is 1.14 bits per heavy atom. The van der Waals surface area contributed by atoms with Gasteiger partial charge < -0.3 is 5.32 Å². The number of rotatable bonds is 6. The first-order valence-corrected chi connectivity index (χ1v) is 7.82. The van der Waals surface area contributed by atoms with Crippen molar-refractivity contribution in [1.82, 2.24) is 15.3 Å². The second-order valence-electron chi connectivity index (χ2n) is 4.13. The van der Waals surface area contributed by atoms with Gasteiger partial charge >= 0.3 is 0 Å². The zero-order valence-electron chi connectivity index (χ0n) is 11.1. The molecule has 110 valence electrons. The molecule has 8 heteroatoms. The first-order valence-electron chi connectivity index (χ1n) is 6.16. The van der Waals surface area contributed by atoms with Gasteiger partial charge in [-0.25, -0.2) is 13.4 Å². The van der Waals surface area contributed by atoms with Crippen molar-refractivity contribution < 1.29 is 13.2 Å². The molecule has 0 spiro atoms. The van der Waals surface area contributed by atoms with E-state index in [-0.39, 0.29) is 18.0 Å². The monoisotopic (exact) mass is 306 g/mol. The highest BCUT2D eigenvalue weighted by molar-refractivity contribution is 7.92. The molecule has 2 aromatic rings. The van der Waals surface area contributed by atoms with Gasteiger partial charge in [-0.05, 0) is 12.1 Å². The summed E-state index contributed by atoms with van der Waals surface area (Å²) >= 11 is 0. The van der Waals surface area contributed by atoms with Gasteiger partial charge in [0.1, 0.15) is 5.69 Å². The lowest BCUT2D eigenvalue weighted by Crippen LogP contribution is -2.31. The van der Waals surface area contributed by atoms with Crippen LogP contribution in [0.2, 0.25) is 0 Å². The molecule has 0 radical (unpaired) electrons. The first-order chi connectivity index (χ1) is 10.1.